The number of nitrogens with zero attached hydrogens (tertiary/aromatic N) is 2. The van der Waals surface area contributed by atoms with Gasteiger partial charge in [-0.25, -0.2) is 0 Å². The van der Waals surface area contributed by atoms with Gasteiger partial charge in [0.2, 0.25) is 0 Å². The summed E-state index contributed by atoms with van der Waals surface area (Å²) in [6.07, 6.45) is 28.0. The van der Waals surface area contributed by atoms with Crippen LogP contribution in [0.15, 0.2) is 157 Å². The first-order chi connectivity index (χ1) is 28.8. The molecule has 0 bridgehead atoms. The molecule has 4 aliphatic rings. The van der Waals surface area contributed by atoms with Crippen LogP contribution in [-0.4, -0.2) is 14.1 Å². The summed E-state index contributed by atoms with van der Waals surface area (Å²) >= 11 is 0. The Balaban J connectivity index is 0.981. The minimum Gasteiger partial charge on any atom is -0.335 e. The molecular formula is C56H56N2Si. The van der Waals surface area contributed by atoms with Crippen molar-refractivity contribution >= 4 is 53.7 Å². The number of hydrogen-bond acceptors (Lipinski definition) is 2. The monoisotopic (exact) mass is 784 g/mol. The summed E-state index contributed by atoms with van der Waals surface area (Å²) < 4.78 is 0. The number of para-hydroxylation sites is 3. The first-order valence-corrected chi connectivity index (χ1v) is 24.4. The van der Waals surface area contributed by atoms with Crippen LogP contribution in [-0.2, 0) is 18.3 Å². The van der Waals surface area contributed by atoms with Crippen LogP contribution in [0.3, 0.4) is 0 Å². The number of anilines is 4. The Hall–Kier alpha value is -5.82. The molecule has 0 amide bonds. The van der Waals surface area contributed by atoms with Gasteiger partial charge in [0.1, 0.15) is 8.07 Å². The largest absolute Gasteiger partial charge is 0.335 e. The first-order valence-electron chi connectivity index (χ1n) is 21.8. The molecule has 3 heteroatoms. The van der Waals surface area contributed by atoms with Crippen LogP contribution in [0.4, 0.5) is 22.7 Å². The Bertz CT molecular complexity index is 2540. The normalized spacial score (nSPS) is 18.1. The van der Waals surface area contributed by atoms with E-state index in [9.17, 15) is 0 Å². The van der Waals surface area contributed by atoms with Gasteiger partial charge in [-0.15, -0.1) is 12.3 Å². The number of allylic oxidation sites excluding steroid dienone is 6. The zero-order valence-corrected chi connectivity index (χ0v) is 36.2. The van der Waals surface area contributed by atoms with E-state index >= 15 is 0 Å². The summed E-state index contributed by atoms with van der Waals surface area (Å²) in [6.45, 7) is 9.29. The lowest BCUT2D eigenvalue weighted by molar-refractivity contribution is 0.625. The Morgan fingerprint density at radius 2 is 1.44 bits per heavy atom. The smallest absolute Gasteiger partial charge is 0.101 e. The van der Waals surface area contributed by atoms with E-state index in [-0.39, 0.29) is 11.5 Å². The molecule has 1 saturated heterocycles. The Morgan fingerprint density at radius 3 is 2.14 bits per heavy atom. The Morgan fingerprint density at radius 1 is 0.797 bits per heavy atom. The average molecular weight is 785 g/mol. The van der Waals surface area contributed by atoms with Crippen molar-refractivity contribution in [2.75, 3.05) is 9.80 Å². The molecule has 1 atom stereocenters. The molecule has 0 aromatic heterocycles. The summed E-state index contributed by atoms with van der Waals surface area (Å²) in [6, 6.07) is 46.8. The van der Waals surface area contributed by atoms with E-state index in [2.05, 4.69) is 201 Å². The topological polar surface area (TPSA) is 6.48 Å². The SMILES string of the molecule is C#CC[Si]1(c2ccccc2N(C2=CCC3=C(C=C2)c2ccc(C=Cc4ccc(N5c6ccccc6CCc6ccccc65)cc4)cc2C3(C)C)C(C)C=CC)CCCC1. The van der Waals surface area contributed by atoms with Crippen molar-refractivity contribution in [1.82, 2.24) is 0 Å². The van der Waals surface area contributed by atoms with Crippen LogP contribution in [0.25, 0.3) is 17.7 Å². The third-order valence-electron chi connectivity index (χ3n) is 13.7. The second-order valence-electron chi connectivity index (χ2n) is 17.5. The minimum atomic E-state index is -1.79. The average Bonchev–Trinajstić information content (AvgIpc) is 3.65. The third-order valence-corrected chi connectivity index (χ3v) is 18.7. The number of aryl methyl sites for hydroxylation is 2. The Kier molecular flexibility index (Phi) is 10.5. The summed E-state index contributed by atoms with van der Waals surface area (Å²) in [7, 11) is -1.79. The molecule has 0 spiro atoms. The van der Waals surface area contributed by atoms with Crippen LogP contribution < -0.4 is 15.0 Å². The molecule has 2 nitrogen and oxygen atoms in total. The summed E-state index contributed by atoms with van der Waals surface area (Å²) in [4.78, 5) is 5.03. The number of fused-ring (bicyclic) bond motifs is 4. The van der Waals surface area contributed by atoms with Crippen LogP contribution in [0, 0.1) is 12.3 Å². The van der Waals surface area contributed by atoms with E-state index in [1.54, 1.807) is 5.19 Å². The van der Waals surface area contributed by atoms with Gasteiger partial charge in [-0.1, -0.05) is 160 Å². The third kappa shape index (κ3) is 7.08. The van der Waals surface area contributed by atoms with Gasteiger partial charge in [0, 0.05) is 45.9 Å². The summed E-state index contributed by atoms with van der Waals surface area (Å²) in [5, 5.41) is 1.54. The molecule has 294 valence electrons. The van der Waals surface area contributed by atoms with Gasteiger partial charge in [-0.3, -0.25) is 0 Å². The molecule has 1 unspecified atom stereocenters. The zero-order chi connectivity index (χ0) is 40.6. The van der Waals surface area contributed by atoms with Crippen molar-refractivity contribution in [2.24, 2.45) is 0 Å². The molecule has 0 N–H and O–H groups in total. The standard InChI is InChI=1S/C56H56N2Si/c1-6-16-41(3)57(54-21-12-13-22-55(54)59(37-7-2)38-14-15-39-59)46-32-35-48-49-34-27-43(40-51(49)56(4,5)50(48)36-33-46)24-23-42-25-30-47(31-26-42)58-52-19-10-8-17-44(52)28-29-45-18-9-11-20-53(45)58/h2,6,8-13,16-27,30-35,40-41H,14-15,28-29,36-39H2,1,3-5H3. The van der Waals surface area contributed by atoms with Gasteiger partial charge in [0.15, 0.2) is 0 Å². The molecule has 9 rings (SSSR count). The fourth-order valence-electron chi connectivity index (χ4n) is 10.6. The van der Waals surface area contributed by atoms with E-state index in [4.69, 9.17) is 6.42 Å². The number of hydrogen-bond donors (Lipinski definition) is 0. The zero-order valence-electron chi connectivity index (χ0n) is 35.2. The summed E-state index contributed by atoms with van der Waals surface area (Å²) in [5.74, 6) is 3.13. The molecule has 5 aromatic carbocycles. The molecule has 5 aromatic rings. The van der Waals surface area contributed by atoms with Gasteiger partial charge >= 0.3 is 0 Å². The maximum Gasteiger partial charge on any atom is 0.101 e. The van der Waals surface area contributed by atoms with Crippen molar-refractivity contribution in [3.63, 3.8) is 0 Å². The molecule has 2 aliphatic carbocycles. The van der Waals surface area contributed by atoms with E-state index in [0.29, 0.717) is 0 Å². The second kappa shape index (κ2) is 16.1. The molecule has 0 saturated carbocycles. The van der Waals surface area contributed by atoms with Gasteiger partial charge in [-0.05, 0) is 119 Å². The van der Waals surface area contributed by atoms with Crippen LogP contribution in [0.5, 0.6) is 0 Å². The van der Waals surface area contributed by atoms with Crippen LogP contribution in [0.2, 0.25) is 18.1 Å². The van der Waals surface area contributed by atoms with E-state index < -0.39 is 8.07 Å². The first kappa shape index (κ1) is 38.7. The lowest BCUT2D eigenvalue weighted by Crippen LogP contribution is -2.48. The van der Waals surface area contributed by atoms with Crippen LogP contribution >= 0.6 is 0 Å². The van der Waals surface area contributed by atoms with Gasteiger partial charge in [0.05, 0.1) is 0 Å². The predicted octanol–water partition coefficient (Wildman–Crippen LogP) is 13.9. The highest BCUT2D eigenvalue weighted by molar-refractivity contribution is 6.93. The fourth-order valence-corrected chi connectivity index (χ4v) is 15.4. The van der Waals surface area contributed by atoms with Crippen molar-refractivity contribution in [1.29, 1.82) is 0 Å². The minimum absolute atomic E-state index is 0.0858. The lowest BCUT2D eigenvalue weighted by atomic mass is 9.79. The highest BCUT2D eigenvalue weighted by Gasteiger charge is 2.41. The molecule has 59 heavy (non-hydrogen) atoms. The highest BCUT2D eigenvalue weighted by Crippen LogP contribution is 2.50. The molecule has 1 fully saturated rings. The van der Waals surface area contributed by atoms with Gasteiger partial charge < -0.3 is 9.80 Å². The van der Waals surface area contributed by atoms with E-state index in [1.807, 2.05) is 0 Å². The van der Waals surface area contributed by atoms with Gasteiger partial charge in [-0.2, -0.15) is 0 Å². The number of terminal acetylenes is 1. The van der Waals surface area contributed by atoms with Crippen molar-refractivity contribution in [2.45, 2.75) is 89.4 Å². The van der Waals surface area contributed by atoms with Gasteiger partial charge in [0.25, 0.3) is 0 Å². The maximum absolute atomic E-state index is 6.08. The predicted molar refractivity (Wildman–Crippen MR) is 257 cm³/mol. The molecular weight excluding hydrogens is 729 g/mol. The maximum atomic E-state index is 6.08. The highest BCUT2D eigenvalue weighted by atomic mass is 28.3. The van der Waals surface area contributed by atoms with Crippen molar-refractivity contribution in [3.05, 3.63) is 190 Å². The van der Waals surface area contributed by atoms with E-state index in [1.165, 1.54) is 97.9 Å². The van der Waals surface area contributed by atoms with E-state index in [0.717, 1.165) is 25.3 Å². The van der Waals surface area contributed by atoms with Crippen molar-refractivity contribution in [3.8, 4) is 12.3 Å². The molecule has 2 aliphatic heterocycles. The lowest BCUT2D eigenvalue weighted by Gasteiger charge is -2.37. The number of benzene rings is 5. The summed E-state index contributed by atoms with van der Waals surface area (Å²) in [5.41, 5.74) is 17.1. The quantitative estimate of drug-likeness (QED) is 0.0636. The fraction of sp³-hybridized carbons (Fsp3) is 0.250. The molecule has 2 heterocycles. The van der Waals surface area contributed by atoms with Crippen LogP contribution in [0.1, 0.15) is 80.3 Å². The second-order valence-corrected chi connectivity index (χ2v) is 22.0. The molecule has 0 radical (unpaired) electrons. The number of rotatable bonds is 9. The van der Waals surface area contributed by atoms with Crippen molar-refractivity contribution < 1.29 is 0 Å². The Labute approximate surface area is 354 Å².